The molecular weight excluding hydrogens is 612 g/mol. The third-order valence-corrected chi connectivity index (χ3v) is 5.73. The Labute approximate surface area is 157 Å². The first-order chi connectivity index (χ1) is 7.81. The average Bonchev–Trinajstić information content (AvgIpc) is 2.71. The second-order valence-electron chi connectivity index (χ2n) is 4.09. The summed E-state index contributed by atoms with van der Waals surface area (Å²) in [6.07, 6.45) is 4.62. The standard InChI is InChI=1S/C15H11.Hf.2HI/c1-2-6-12(7-3-1)15-11-10-13-8-4-5-9-14(13)15;;;/h1-11H;;2*1H. The van der Waals surface area contributed by atoms with E-state index in [1.165, 1.54) is 16.7 Å². The average molecular weight is 626 g/mol. The summed E-state index contributed by atoms with van der Waals surface area (Å²) >= 11 is 1.11. The number of rotatable bonds is 1. The maximum absolute atomic E-state index is 2.36. The van der Waals surface area contributed by atoms with Gasteiger partial charge in [-0.05, 0) is 0 Å². The van der Waals surface area contributed by atoms with E-state index in [1.807, 2.05) is 0 Å². The number of benzene rings is 2. The topological polar surface area (TPSA) is 0 Å². The van der Waals surface area contributed by atoms with Crippen molar-refractivity contribution < 1.29 is 24.4 Å². The summed E-state index contributed by atoms with van der Waals surface area (Å²) in [5, 5.41) is 0. The molecule has 0 fully saturated rings. The van der Waals surface area contributed by atoms with E-state index in [2.05, 4.69) is 66.7 Å². The molecule has 1 unspecified atom stereocenters. The van der Waals surface area contributed by atoms with E-state index in [0.717, 1.165) is 24.4 Å². The molecule has 1 atom stereocenters. The predicted octanol–water partition coefficient (Wildman–Crippen LogP) is 4.74. The van der Waals surface area contributed by atoms with E-state index in [9.17, 15) is 0 Å². The van der Waals surface area contributed by atoms with Crippen molar-refractivity contribution in [2.24, 2.45) is 0 Å². The summed E-state index contributed by atoms with van der Waals surface area (Å²) < 4.78 is 0.178. The van der Waals surface area contributed by atoms with Gasteiger partial charge in [-0.15, -0.1) is 48.0 Å². The van der Waals surface area contributed by atoms with Gasteiger partial charge in [0.25, 0.3) is 0 Å². The molecule has 0 bridgehead atoms. The van der Waals surface area contributed by atoms with Gasteiger partial charge in [-0.3, -0.25) is 0 Å². The summed E-state index contributed by atoms with van der Waals surface area (Å²) in [7, 11) is 0. The monoisotopic (exact) mass is 627 g/mol. The Hall–Kier alpha value is 0.510. The van der Waals surface area contributed by atoms with Crippen LogP contribution in [0.5, 0.6) is 0 Å². The van der Waals surface area contributed by atoms with E-state index in [1.54, 1.807) is 0 Å². The second-order valence-corrected chi connectivity index (χ2v) is 6.93. The van der Waals surface area contributed by atoms with Crippen LogP contribution >= 0.6 is 48.0 Å². The maximum atomic E-state index is 2.36. The van der Waals surface area contributed by atoms with E-state index in [4.69, 9.17) is 0 Å². The van der Waals surface area contributed by atoms with Crippen molar-refractivity contribution in [3.8, 4) is 0 Å². The second kappa shape index (κ2) is 6.79. The first-order valence-corrected chi connectivity index (χ1v) is 7.20. The van der Waals surface area contributed by atoms with Gasteiger partial charge in [0.05, 0.1) is 0 Å². The van der Waals surface area contributed by atoms with Gasteiger partial charge >= 0.3 is 111 Å². The van der Waals surface area contributed by atoms with E-state index >= 15 is 0 Å². The molecule has 1 aliphatic carbocycles. The molecule has 0 radical (unpaired) electrons. The zero-order valence-electron chi connectivity index (χ0n) is 9.67. The van der Waals surface area contributed by atoms with Crippen molar-refractivity contribution >= 4 is 54.0 Å². The van der Waals surface area contributed by atoms with Crippen molar-refractivity contribution in [1.82, 2.24) is 0 Å². The minimum atomic E-state index is 0. The Morgan fingerprint density at radius 3 is 2.11 bits per heavy atom. The SMILES string of the molecule is I.I.[Hf][C]1(c2ccccc2)C=Cc2ccccc21. The Morgan fingerprint density at radius 2 is 1.39 bits per heavy atom. The van der Waals surface area contributed by atoms with Crippen LogP contribution in [-0.2, 0) is 27.5 Å². The molecule has 2 aromatic carbocycles. The molecule has 0 saturated heterocycles. The molecule has 3 heteroatoms. The molecule has 0 heterocycles. The molecule has 0 amide bonds. The number of allylic oxidation sites excluding steroid dienone is 1. The molecule has 0 nitrogen and oxygen atoms in total. The molecule has 0 spiro atoms. The van der Waals surface area contributed by atoms with Crippen molar-refractivity contribution in [2.45, 2.75) is 3.17 Å². The van der Waals surface area contributed by atoms with Gasteiger partial charge < -0.3 is 0 Å². The Bertz CT molecular complexity index is 551. The Balaban J connectivity index is 0.000000810. The molecule has 0 N–H and O–H groups in total. The third kappa shape index (κ3) is 2.82. The summed E-state index contributed by atoms with van der Waals surface area (Å²) in [6, 6.07) is 19.5. The fourth-order valence-electron chi connectivity index (χ4n) is 2.26. The number of hydrogen-bond acceptors (Lipinski definition) is 0. The number of fused-ring (bicyclic) bond motifs is 1. The zero-order chi connectivity index (χ0) is 11.0. The normalized spacial score (nSPS) is 19.5. The van der Waals surface area contributed by atoms with Crippen LogP contribution in [0.3, 0.4) is 0 Å². The molecule has 0 saturated carbocycles. The molecule has 3 rings (SSSR count). The Kier molecular flexibility index (Phi) is 6.25. The molecule has 2 aromatic rings. The van der Waals surface area contributed by atoms with Gasteiger partial charge in [0.15, 0.2) is 0 Å². The van der Waals surface area contributed by atoms with Crippen LogP contribution in [0.2, 0.25) is 0 Å². The van der Waals surface area contributed by atoms with Crippen LogP contribution in [-0.4, -0.2) is 0 Å². The summed E-state index contributed by atoms with van der Waals surface area (Å²) in [5.74, 6) is 0. The van der Waals surface area contributed by atoms with Crippen molar-refractivity contribution in [3.63, 3.8) is 0 Å². The van der Waals surface area contributed by atoms with E-state index < -0.39 is 0 Å². The molecular formula is C15H13HfI2. The van der Waals surface area contributed by atoms with Crippen molar-refractivity contribution in [3.05, 3.63) is 77.4 Å². The van der Waals surface area contributed by atoms with Crippen LogP contribution in [0.15, 0.2) is 60.7 Å². The summed E-state index contributed by atoms with van der Waals surface area (Å²) in [6.45, 7) is 0. The molecule has 0 aromatic heterocycles. The first-order valence-electron chi connectivity index (χ1n) is 5.40. The van der Waals surface area contributed by atoms with Crippen LogP contribution < -0.4 is 0 Å². The van der Waals surface area contributed by atoms with Gasteiger partial charge in [0, 0.05) is 0 Å². The van der Waals surface area contributed by atoms with Gasteiger partial charge in [-0.1, -0.05) is 0 Å². The number of hydrogen-bond donors (Lipinski definition) is 0. The summed E-state index contributed by atoms with van der Waals surface area (Å²) in [5.41, 5.74) is 4.26. The fraction of sp³-hybridized carbons (Fsp3) is 0.0667. The van der Waals surface area contributed by atoms with E-state index in [0.29, 0.717) is 0 Å². The number of halogens is 2. The molecule has 18 heavy (non-hydrogen) atoms. The Morgan fingerprint density at radius 1 is 0.778 bits per heavy atom. The van der Waals surface area contributed by atoms with Crippen LogP contribution in [0, 0.1) is 0 Å². The molecule has 0 aliphatic heterocycles. The van der Waals surface area contributed by atoms with Crippen molar-refractivity contribution in [2.75, 3.05) is 0 Å². The van der Waals surface area contributed by atoms with Crippen molar-refractivity contribution in [1.29, 1.82) is 0 Å². The summed E-state index contributed by atoms with van der Waals surface area (Å²) in [4.78, 5) is 0. The van der Waals surface area contributed by atoms with Crippen LogP contribution in [0.25, 0.3) is 6.08 Å². The quantitative estimate of drug-likeness (QED) is 0.318. The van der Waals surface area contributed by atoms with E-state index in [-0.39, 0.29) is 51.1 Å². The predicted molar refractivity (Wildman–Crippen MR) is 93.5 cm³/mol. The van der Waals surface area contributed by atoms with Crippen LogP contribution in [0.4, 0.5) is 0 Å². The molecule has 91 valence electrons. The van der Waals surface area contributed by atoms with Gasteiger partial charge in [-0.25, -0.2) is 0 Å². The fourth-order valence-corrected chi connectivity index (χ4v) is 3.97. The third-order valence-electron chi connectivity index (χ3n) is 3.13. The van der Waals surface area contributed by atoms with Gasteiger partial charge in [-0.2, -0.15) is 0 Å². The zero-order valence-corrected chi connectivity index (χ0v) is 17.9. The molecule has 1 aliphatic rings. The van der Waals surface area contributed by atoms with Gasteiger partial charge in [0.2, 0.25) is 0 Å². The van der Waals surface area contributed by atoms with Gasteiger partial charge in [0.1, 0.15) is 0 Å². The van der Waals surface area contributed by atoms with Crippen LogP contribution in [0.1, 0.15) is 16.7 Å². The first kappa shape index (κ1) is 16.6. The minimum absolute atomic E-state index is 0.